The number of carbonyl (C=O) groups is 2. The van der Waals surface area contributed by atoms with Crippen molar-refractivity contribution in [3.63, 3.8) is 0 Å². The SMILES string of the molecule is O=C(CN1CCCNC1=O)N1CCC([C@H]2c3ncc(Br)cc3CCc3cc(C4CC4)cc(Br)c32)CC1. The van der Waals surface area contributed by atoms with Crippen molar-refractivity contribution in [3.8, 4) is 0 Å². The minimum absolute atomic E-state index is 0.0597. The summed E-state index contributed by atoms with van der Waals surface area (Å²) in [6.45, 7) is 2.99. The fraction of sp³-hybridized carbons (Fsp3) is 0.536. The molecule has 2 aliphatic carbocycles. The first-order valence-corrected chi connectivity index (χ1v) is 14.8. The monoisotopic (exact) mass is 614 g/mol. The molecule has 190 valence electrons. The third-order valence-electron chi connectivity index (χ3n) is 8.38. The predicted molar refractivity (Wildman–Crippen MR) is 146 cm³/mol. The summed E-state index contributed by atoms with van der Waals surface area (Å²) in [6.07, 6.45) is 9.34. The number of piperidine rings is 1. The van der Waals surface area contributed by atoms with Gasteiger partial charge in [0, 0.05) is 47.2 Å². The highest BCUT2D eigenvalue weighted by atomic mass is 79.9. The largest absolute Gasteiger partial charge is 0.341 e. The first-order chi connectivity index (χ1) is 17.5. The van der Waals surface area contributed by atoms with E-state index >= 15 is 0 Å². The van der Waals surface area contributed by atoms with Crippen LogP contribution in [0.15, 0.2) is 33.3 Å². The van der Waals surface area contributed by atoms with E-state index in [0.29, 0.717) is 19.0 Å². The number of hydrogen-bond donors (Lipinski definition) is 1. The number of halogens is 2. The van der Waals surface area contributed by atoms with E-state index in [9.17, 15) is 9.59 Å². The van der Waals surface area contributed by atoms with Gasteiger partial charge in [0.15, 0.2) is 0 Å². The average molecular weight is 616 g/mol. The number of aromatic nitrogens is 1. The number of aryl methyl sites for hydroxylation is 2. The van der Waals surface area contributed by atoms with Gasteiger partial charge >= 0.3 is 6.03 Å². The van der Waals surface area contributed by atoms with Gasteiger partial charge in [0.1, 0.15) is 6.54 Å². The minimum atomic E-state index is -0.121. The Labute approximate surface area is 229 Å². The van der Waals surface area contributed by atoms with E-state index in [1.54, 1.807) is 4.90 Å². The number of benzene rings is 1. The van der Waals surface area contributed by atoms with Gasteiger partial charge in [0.05, 0.1) is 5.69 Å². The third kappa shape index (κ3) is 4.83. The molecule has 3 amide bonds. The Balaban J connectivity index is 1.25. The molecule has 2 aromatic rings. The highest BCUT2D eigenvalue weighted by Gasteiger charge is 2.37. The number of hydrogen-bond acceptors (Lipinski definition) is 3. The minimum Gasteiger partial charge on any atom is -0.341 e. The molecule has 1 N–H and O–H groups in total. The summed E-state index contributed by atoms with van der Waals surface area (Å²) < 4.78 is 2.25. The fourth-order valence-corrected chi connectivity index (χ4v) is 7.46. The van der Waals surface area contributed by atoms with Crippen molar-refractivity contribution in [1.29, 1.82) is 0 Å². The van der Waals surface area contributed by atoms with Crippen molar-refractivity contribution in [1.82, 2.24) is 20.1 Å². The van der Waals surface area contributed by atoms with Gasteiger partial charge in [-0.15, -0.1) is 0 Å². The Morgan fingerprint density at radius 1 is 1.03 bits per heavy atom. The summed E-state index contributed by atoms with van der Waals surface area (Å²) in [6, 6.07) is 6.95. The van der Waals surface area contributed by atoms with Crippen LogP contribution in [0.3, 0.4) is 0 Å². The molecule has 6 nitrogen and oxygen atoms in total. The summed E-state index contributed by atoms with van der Waals surface area (Å²) in [4.78, 5) is 33.7. The number of urea groups is 1. The number of nitrogens with zero attached hydrogens (tertiary/aromatic N) is 3. The molecular weight excluding hydrogens is 584 g/mol. The fourth-order valence-electron chi connectivity index (χ4n) is 6.32. The molecule has 0 spiro atoms. The number of likely N-dealkylation sites (tertiary alicyclic amines) is 1. The van der Waals surface area contributed by atoms with Crippen LogP contribution >= 0.6 is 31.9 Å². The van der Waals surface area contributed by atoms with Gasteiger partial charge in [-0.3, -0.25) is 9.78 Å². The van der Waals surface area contributed by atoms with Gasteiger partial charge in [-0.25, -0.2) is 4.79 Å². The molecule has 4 aliphatic rings. The quantitative estimate of drug-likeness (QED) is 0.503. The van der Waals surface area contributed by atoms with E-state index in [0.717, 1.165) is 55.6 Å². The van der Waals surface area contributed by atoms with Crippen molar-refractivity contribution in [2.75, 3.05) is 32.7 Å². The number of amides is 3. The Morgan fingerprint density at radius 3 is 2.56 bits per heavy atom. The maximum Gasteiger partial charge on any atom is 0.317 e. The van der Waals surface area contributed by atoms with Crippen LogP contribution in [0.5, 0.6) is 0 Å². The lowest BCUT2D eigenvalue weighted by atomic mass is 9.76. The van der Waals surface area contributed by atoms with E-state index in [1.165, 1.54) is 45.3 Å². The van der Waals surface area contributed by atoms with Gasteiger partial charge in [-0.2, -0.15) is 0 Å². The zero-order valence-electron chi connectivity index (χ0n) is 20.4. The van der Waals surface area contributed by atoms with Crippen molar-refractivity contribution in [3.05, 3.63) is 61.3 Å². The number of pyridine rings is 1. The Hall–Kier alpha value is -1.93. The predicted octanol–water partition coefficient (Wildman–Crippen LogP) is 5.37. The topological polar surface area (TPSA) is 65.5 Å². The molecule has 1 aromatic heterocycles. The standard InChI is InChI=1S/C28H32Br2N4O2/c29-22-13-20-5-4-19-12-21(17-2-3-17)14-23(30)25(19)26(27(20)32-15-22)18-6-10-33(11-7-18)24(35)16-34-9-1-8-31-28(34)36/h12-15,17-18,26H,1-11,16H2,(H,31,36)/t26-/m1/s1. The third-order valence-corrected chi connectivity index (χ3v) is 9.47. The molecule has 6 rings (SSSR count). The van der Waals surface area contributed by atoms with E-state index in [4.69, 9.17) is 4.98 Å². The van der Waals surface area contributed by atoms with Crippen LogP contribution < -0.4 is 5.32 Å². The molecule has 0 unspecified atom stereocenters. The second kappa shape index (κ2) is 10.1. The number of fused-ring (bicyclic) bond motifs is 2. The van der Waals surface area contributed by atoms with Gasteiger partial charge in [0.25, 0.3) is 0 Å². The highest BCUT2D eigenvalue weighted by molar-refractivity contribution is 9.10. The zero-order valence-corrected chi connectivity index (χ0v) is 23.6. The molecule has 1 atom stereocenters. The normalized spacial score (nSPS) is 22.5. The summed E-state index contributed by atoms with van der Waals surface area (Å²) in [5, 5.41) is 2.84. The van der Waals surface area contributed by atoms with Gasteiger partial charge in [-0.1, -0.05) is 22.0 Å². The lowest BCUT2D eigenvalue weighted by Gasteiger charge is -2.38. The molecule has 0 bridgehead atoms. The van der Waals surface area contributed by atoms with Gasteiger partial charge < -0.3 is 15.1 Å². The van der Waals surface area contributed by atoms with Crippen LogP contribution in [0.4, 0.5) is 4.79 Å². The van der Waals surface area contributed by atoms with E-state index in [-0.39, 0.29) is 24.4 Å². The lowest BCUT2D eigenvalue weighted by molar-refractivity contribution is -0.133. The zero-order chi connectivity index (χ0) is 24.8. The maximum absolute atomic E-state index is 13.0. The molecule has 3 heterocycles. The van der Waals surface area contributed by atoms with Gasteiger partial charge in [-0.05, 0) is 107 Å². The molecule has 8 heteroatoms. The first kappa shape index (κ1) is 24.4. The first-order valence-electron chi connectivity index (χ1n) is 13.2. The molecule has 36 heavy (non-hydrogen) atoms. The van der Waals surface area contributed by atoms with Crippen molar-refractivity contribution >= 4 is 43.8 Å². The van der Waals surface area contributed by atoms with E-state index < -0.39 is 0 Å². The molecule has 3 fully saturated rings. The van der Waals surface area contributed by atoms with Crippen molar-refractivity contribution < 1.29 is 9.59 Å². The van der Waals surface area contributed by atoms with Crippen LogP contribution in [0, 0.1) is 5.92 Å². The summed E-state index contributed by atoms with van der Waals surface area (Å²) in [7, 11) is 0. The number of carbonyl (C=O) groups excluding carboxylic acids is 2. The maximum atomic E-state index is 13.0. The van der Waals surface area contributed by atoms with E-state index in [2.05, 4.69) is 55.4 Å². The summed E-state index contributed by atoms with van der Waals surface area (Å²) in [5.74, 6) is 1.42. The lowest BCUT2D eigenvalue weighted by Crippen LogP contribution is -2.51. The second-order valence-corrected chi connectivity index (χ2v) is 12.5. The molecule has 1 saturated carbocycles. The molecule has 1 aromatic carbocycles. The van der Waals surface area contributed by atoms with Gasteiger partial charge in [0.2, 0.25) is 5.91 Å². The summed E-state index contributed by atoms with van der Waals surface area (Å²) >= 11 is 7.63. The van der Waals surface area contributed by atoms with Crippen molar-refractivity contribution in [2.45, 2.75) is 56.8 Å². The molecule has 2 saturated heterocycles. The molecule has 2 aliphatic heterocycles. The van der Waals surface area contributed by atoms with Crippen LogP contribution in [0.2, 0.25) is 0 Å². The Kier molecular flexibility index (Phi) is 6.84. The summed E-state index contributed by atoms with van der Waals surface area (Å²) in [5.41, 5.74) is 6.87. The van der Waals surface area contributed by atoms with Crippen LogP contribution in [0.1, 0.15) is 71.9 Å². The molecule has 0 radical (unpaired) electrons. The van der Waals surface area contributed by atoms with Crippen molar-refractivity contribution in [2.24, 2.45) is 5.92 Å². The number of rotatable bonds is 4. The number of nitrogens with one attached hydrogen (secondary N) is 1. The van der Waals surface area contributed by atoms with Crippen LogP contribution in [-0.4, -0.2) is 59.4 Å². The average Bonchev–Trinajstić information content (AvgIpc) is 3.73. The molecular formula is C28H32Br2N4O2. The van der Waals surface area contributed by atoms with E-state index in [1.807, 2.05) is 11.1 Å². The Bertz CT molecular complexity index is 1190. The second-order valence-electron chi connectivity index (χ2n) is 10.8. The highest BCUT2D eigenvalue weighted by Crippen LogP contribution is 2.48. The Morgan fingerprint density at radius 2 is 1.81 bits per heavy atom. The van der Waals surface area contributed by atoms with Crippen LogP contribution in [-0.2, 0) is 17.6 Å². The van der Waals surface area contributed by atoms with Crippen LogP contribution in [0.25, 0.3) is 0 Å². The smallest absolute Gasteiger partial charge is 0.317 e.